The predicted octanol–water partition coefficient (Wildman–Crippen LogP) is 0.324. The standard InChI is InChI=1S/C12H16O4/c13-10-7-15-8-11(12(10)14)16-6-9-4-2-1-3-5-9/h1-5,10-14H,6-8H2/t10-,11-,12-/m1/s1. The van der Waals surface area contributed by atoms with Crippen molar-refractivity contribution in [3.63, 3.8) is 0 Å². The van der Waals surface area contributed by atoms with Gasteiger partial charge in [0.2, 0.25) is 0 Å². The predicted molar refractivity (Wildman–Crippen MR) is 57.9 cm³/mol. The Morgan fingerprint density at radius 2 is 1.94 bits per heavy atom. The molecular formula is C12H16O4. The molecule has 0 saturated carbocycles. The van der Waals surface area contributed by atoms with Crippen molar-refractivity contribution in [2.75, 3.05) is 13.2 Å². The molecular weight excluding hydrogens is 208 g/mol. The minimum absolute atomic E-state index is 0.173. The second-order valence-corrected chi connectivity index (χ2v) is 3.93. The number of hydrogen-bond acceptors (Lipinski definition) is 4. The Bertz CT molecular complexity index is 314. The third-order valence-corrected chi connectivity index (χ3v) is 2.65. The van der Waals surface area contributed by atoms with Gasteiger partial charge in [-0.05, 0) is 5.56 Å². The summed E-state index contributed by atoms with van der Waals surface area (Å²) < 4.78 is 10.6. The van der Waals surface area contributed by atoms with Gasteiger partial charge in [-0.1, -0.05) is 30.3 Å². The van der Waals surface area contributed by atoms with Crippen LogP contribution in [0.5, 0.6) is 0 Å². The lowest BCUT2D eigenvalue weighted by Gasteiger charge is -2.31. The van der Waals surface area contributed by atoms with E-state index in [9.17, 15) is 10.2 Å². The Morgan fingerprint density at radius 1 is 1.19 bits per heavy atom. The van der Waals surface area contributed by atoms with Crippen LogP contribution in [0, 0.1) is 0 Å². The molecule has 1 aliphatic heterocycles. The van der Waals surface area contributed by atoms with Crippen LogP contribution >= 0.6 is 0 Å². The first-order valence-corrected chi connectivity index (χ1v) is 5.37. The maximum atomic E-state index is 9.66. The Balaban J connectivity index is 1.85. The number of rotatable bonds is 3. The molecule has 0 aliphatic carbocycles. The molecule has 4 nitrogen and oxygen atoms in total. The van der Waals surface area contributed by atoms with Crippen molar-refractivity contribution in [1.82, 2.24) is 0 Å². The highest BCUT2D eigenvalue weighted by Crippen LogP contribution is 2.14. The van der Waals surface area contributed by atoms with Gasteiger partial charge in [0, 0.05) is 0 Å². The Labute approximate surface area is 94.4 Å². The van der Waals surface area contributed by atoms with Crippen LogP contribution in [0.3, 0.4) is 0 Å². The molecule has 2 N–H and O–H groups in total. The average molecular weight is 224 g/mol. The highest BCUT2D eigenvalue weighted by molar-refractivity contribution is 5.13. The molecule has 0 amide bonds. The van der Waals surface area contributed by atoms with Gasteiger partial charge in [0.1, 0.15) is 18.3 Å². The number of ether oxygens (including phenoxy) is 2. The summed E-state index contributed by atoms with van der Waals surface area (Å²) in [6.45, 7) is 0.913. The maximum Gasteiger partial charge on any atom is 0.111 e. The molecule has 4 heteroatoms. The summed E-state index contributed by atoms with van der Waals surface area (Å²) in [6.07, 6.45) is -2.17. The van der Waals surface area contributed by atoms with Gasteiger partial charge < -0.3 is 19.7 Å². The number of benzene rings is 1. The van der Waals surface area contributed by atoms with E-state index in [4.69, 9.17) is 9.47 Å². The lowest BCUT2D eigenvalue weighted by atomic mass is 10.1. The smallest absolute Gasteiger partial charge is 0.111 e. The van der Waals surface area contributed by atoms with E-state index in [1.54, 1.807) is 0 Å². The van der Waals surface area contributed by atoms with Gasteiger partial charge in [0.15, 0.2) is 0 Å². The Hall–Kier alpha value is -0.940. The van der Waals surface area contributed by atoms with Crippen molar-refractivity contribution in [3.8, 4) is 0 Å². The summed E-state index contributed by atoms with van der Waals surface area (Å²) in [4.78, 5) is 0. The van der Waals surface area contributed by atoms with Crippen molar-refractivity contribution in [1.29, 1.82) is 0 Å². The molecule has 0 bridgehead atoms. The lowest BCUT2D eigenvalue weighted by molar-refractivity contribution is -0.173. The molecule has 3 atom stereocenters. The number of aliphatic hydroxyl groups excluding tert-OH is 2. The number of aliphatic hydroxyl groups is 2. The SMILES string of the molecule is O[C@@H]1[C@H](O)COC[C@H]1OCc1ccccc1. The van der Waals surface area contributed by atoms with Crippen molar-refractivity contribution in [2.24, 2.45) is 0 Å². The second kappa shape index (κ2) is 5.41. The first-order chi connectivity index (χ1) is 7.77. The van der Waals surface area contributed by atoms with Crippen LogP contribution in [-0.2, 0) is 16.1 Å². The third-order valence-electron chi connectivity index (χ3n) is 2.65. The van der Waals surface area contributed by atoms with Crippen LogP contribution in [0.15, 0.2) is 30.3 Å². The fraction of sp³-hybridized carbons (Fsp3) is 0.500. The number of hydrogen-bond donors (Lipinski definition) is 2. The van der Waals surface area contributed by atoms with Crippen LogP contribution in [0.25, 0.3) is 0 Å². The average Bonchev–Trinajstić information content (AvgIpc) is 2.32. The molecule has 16 heavy (non-hydrogen) atoms. The first-order valence-electron chi connectivity index (χ1n) is 5.37. The van der Waals surface area contributed by atoms with Gasteiger partial charge in [-0.25, -0.2) is 0 Å². The molecule has 0 unspecified atom stereocenters. The normalized spacial score (nSPS) is 30.2. The van der Waals surface area contributed by atoms with E-state index in [0.717, 1.165) is 5.56 Å². The van der Waals surface area contributed by atoms with E-state index < -0.39 is 18.3 Å². The zero-order valence-electron chi connectivity index (χ0n) is 8.95. The van der Waals surface area contributed by atoms with Crippen molar-refractivity contribution < 1.29 is 19.7 Å². The molecule has 1 saturated heterocycles. The zero-order valence-corrected chi connectivity index (χ0v) is 8.95. The molecule has 1 aromatic rings. The van der Waals surface area contributed by atoms with Crippen molar-refractivity contribution in [3.05, 3.63) is 35.9 Å². The van der Waals surface area contributed by atoms with Gasteiger partial charge in [0.05, 0.1) is 19.8 Å². The summed E-state index contributed by atoms with van der Waals surface area (Å²) in [7, 11) is 0. The summed E-state index contributed by atoms with van der Waals surface area (Å²) in [5, 5.41) is 19.1. The molecule has 88 valence electrons. The summed E-state index contributed by atoms with van der Waals surface area (Å²) in [5.74, 6) is 0. The summed E-state index contributed by atoms with van der Waals surface area (Å²) in [5.41, 5.74) is 1.04. The molecule has 0 radical (unpaired) electrons. The Morgan fingerprint density at radius 3 is 2.69 bits per heavy atom. The fourth-order valence-corrected chi connectivity index (χ4v) is 1.67. The summed E-state index contributed by atoms with van der Waals surface area (Å²) >= 11 is 0. The van der Waals surface area contributed by atoms with Gasteiger partial charge >= 0.3 is 0 Å². The molecule has 1 fully saturated rings. The van der Waals surface area contributed by atoms with Gasteiger partial charge in [-0.3, -0.25) is 0 Å². The summed E-state index contributed by atoms with van der Waals surface area (Å²) in [6, 6.07) is 9.70. The monoisotopic (exact) mass is 224 g/mol. The van der Waals surface area contributed by atoms with Crippen LogP contribution in [0.4, 0.5) is 0 Å². The minimum Gasteiger partial charge on any atom is -0.388 e. The largest absolute Gasteiger partial charge is 0.388 e. The van der Waals surface area contributed by atoms with E-state index in [2.05, 4.69) is 0 Å². The van der Waals surface area contributed by atoms with Gasteiger partial charge in [0.25, 0.3) is 0 Å². The lowest BCUT2D eigenvalue weighted by Crippen LogP contribution is -2.48. The van der Waals surface area contributed by atoms with Crippen molar-refractivity contribution >= 4 is 0 Å². The molecule has 1 aliphatic rings. The highest BCUT2D eigenvalue weighted by Gasteiger charge is 2.31. The van der Waals surface area contributed by atoms with Gasteiger partial charge in [-0.2, -0.15) is 0 Å². The quantitative estimate of drug-likeness (QED) is 0.776. The van der Waals surface area contributed by atoms with Crippen LogP contribution in [0.2, 0.25) is 0 Å². The fourth-order valence-electron chi connectivity index (χ4n) is 1.67. The Kier molecular flexibility index (Phi) is 3.90. The van der Waals surface area contributed by atoms with Crippen LogP contribution < -0.4 is 0 Å². The topological polar surface area (TPSA) is 58.9 Å². The van der Waals surface area contributed by atoms with E-state index >= 15 is 0 Å². The van der Waals surface area contributed by atoms with E-state index in [0.29, 0.717) is 13.2 Å². The van der Waals surface area contributed by atoms with E-state index in [1.165, 1.54) is 0 Å². The molecule has 0 aromatic heterocycles. The molecule has 1 aromatic carbocycles. The first kappa shape index (κ1) is 11.5. The van der Waals surface area contributed by atoms with Crippen LogP contribution in [0.1, 0.15) is 5.56 Å². The maximum absolute atomic E-state index is 9.66. The van der Waals surface area contributed by atoms with E-state index in [-0.39, 0.29) is 6.61 Å². The van der Waals surface area contributed by atoms with Crippen LogP contribution in [-0.4, -0.2) is 41.7 Å². The second-order valence-electron chi connectivity index (χ2n) is 3.93. The highest BCUT2D eigenvalue weighted by atomic mass is 16.6. The molecule has 1 heterocycles. The van der Waals surface area contributed by atoms with Crippen molar-refractivity contribution in [2.45, 2.75) is 24.9 Å². The third kappa shape index (κ3) is 2.80. The van der Waals surface area contributed by atoms with Gasteiger partial charge in [-0.15, -0.1) is 0 Å². The molecule has 2 rings (SSSR count). The molecule has 0 spiro atoms. The zero-order chi connectivity index (χ0) is 11.4. The van der Waals surface area contributed by atoms with E-state index in [1.807, 2.05) is 30.3 Å². The minimum atomic E-state index is -0.863.